The van der Waals surface area contributed by atoms with Crippen LogP contribution in [0.3, 0.4) is 0 Å². The molecule has 0 bridgehead atoms. The van der Waals surface area contributed by atoms with Gasteiger partial charge < -0.3 is 19.8 Å². The summed E-state index contributed by atoms with van der Waals surface area (Å²) in [5.74, 6) is -5.04. The van der Waals surface area contributed by atoms with Crippen molar-refractivity contribution in [2.45, 2.75) is 86.4 Å². The first-order valence-corrected chi connectivity index (χ1v) is 10.9. The summed E-state index contributed by atoms with van der Waals surface area (Å²) in [6.07, 6.45) is 5.18. The molecule has 3 atom stereocenters. The molecular formula is C20H35O8Zr. The summed E-state index contributed by atoms with van der Waals surface area (Å²) in [5, 5.41) is 20.1. The summed E-state index contributed by atoms with van der Waals surface area (Å²) < 4.78 is 10.7. The molecule has 0 N–H and O–H groups in total. The molecule has 29 heavy (non-hydrogen) atoms. The van der Waals surface area contributed by atoms with Gasteiger partial charge >= 0.3 is 85.1 Å². The van der Waals surface area contributed by atoms with Crippen LogP contribution in [0.15, 0.2) is 0 Å². The van der Waals surface area contributed by atoms with Crippen molar-refractivity contribution in [3.05, 3.63) is 0 Å². The number of rotatable bonds is 13. The van der Waals surface area contributed by atoms with Crippen molar-refractivity contribution < 1.29 is 62.1 Å². The van der Waals surface area contributed by atoms with E-state index < -0.39 is 23.8 Å². The van der Waals surface area contributed by atoms with Crippen molar-refractivity contribution in [3.8, 4) is 0 Å². The van der Waals surface area contributed by atoms with Crippen LogP contribution in [0.25, 0.3) is 0 Å². The monoisotopic (exact) mass is 493 g/mol. The maximum absolute atomic E-state index is 10.4. The molecule has 0 aromatic rings. The molecule has 0 saturated heterocycles. The van der Waals surface area contributed by atoms with Gasteiger partial charge in [-0.1, -0.05) is 13.8 Å². The molecule has 0 amide bonds. The third-order valence-electron chi connectivity index (χ3n) is 3.82. The second-order valence-corrected chi connectivity index (χ2v) is 6.92. The molecular weight excluding hydrogens is 459 g/mol. The van der Waals surface area contributed by atoms with Crippen molar-refractivity contribution in [2.75, 3.05) is 6.61 Å². The van der Waals surface area contributed by atoms with Gasteiger partial charge in [-0.15, -0.1) is 0 Å². The molecule has 0 fully saturated rings. The average molecular weight is 495 g/mol. The number of carbonyl (C=O) groups excluding carboxylic acids is 4. The number of Topliss-reactive ketones (excluding diaryl/α,β-unsaturated/α-hetero) is 2. The molecule has 0 heterocycles. The van der Waals surface area contributed by atoms with Gasteiger partial charge in [0.1, 0.15) is 11.6 Å². The molecule has 9 heteroatoms. The van der Waals surface area contributed by atoms with Gasteiger partial charge in [-0.2, -0.15) is 0 Å². The van der Waals surface area contributed by atoms with Crippen LogP contribution in [0.2, 0.25) is 0 Å². The first-order valence-electron chi connectivity index (χ1n) is 9.90. The fourth-order valence-electron chi connectivity index (χ4n) is 2.01. The molecule has 0 saturated carbocycles. The second-order valence-electron chi connectivity index (χ2n) is 6.34. The minimum atomic E-state index is -1.27. The van der Waals surface area contributed by atoms with Crippen LogP contribution >= 0.6 is 0 Å². The molecule has 0 spiro atoms. The number of carboxylic acids is 2. The maximum atomic E-state index is 10.4. The quantitative estimate of drug-likeness (QED) is 0.211. The van der Waals surface area contributed by atoms with Gasteiger partial charge in [-0.3, -0.25) is 9.59 Å². The molecule has 8 nitrogen and oxygen atoms in total. The zero-order valence-electron chi connectivity index (χ0n) is 18.4. The SMILES string of the molecule is CCC(C(C)=O)C(=O)[O-].CCC(C(C)=O)C(=O)[O-].CCCCOC(CCC)[O][Zr+2]. The van der Waals surface area contributed by atoms with Crippen LogP contribution in [0, 0.1) is 11.8 Å². The van der Waals surface area contributed by atoms with E-state index in [1.54, 1.807) is 13.8 Å². The van der Waals surface area contributed by atoms with Gasteiger partial charge in [-0.25, -0.2) is 0 Å². The Morgan fingerprint density at radius 1 is 0.828 bits per heavy atom. The number of carbonyl (C=O) groups is 4. The van der Waals surface area contributed by atoms with Gasteiger partial charge in [-0.05, 0) is 26.7 Å². The predicted molar refractivity (Wildman–Crippen MR) is 99.6 cm³/mol. The number of aliphatic carboxylic acids is 2. The van der Waals surface area contributed by atoms with Crippen LogP contribution < -0.4 is 10.2 Å². The molecule has 0 aromatic heterocycles. The summed E-state index contributed by atoms with van der Waals surface area (Å²) in [5.41, 5.74) is 0. The Bertz CT molecular complexity index is 407. The van der Waals surface area contributed by atoms with E-state index in [0.29, 0.717) is 12.8 Å². The summed E-state index contributed by atoms with van der Waals surface area (Å²) in [6, 6.07) is 0. The van der Waals surface area contributed by atoms with Gasteiger partial charge in [0, 0.05) is 0 Å². The van der Waals surface area contributed by atoms with Crippen molar-refractivity contribution in [1.82, 2.24) is 0 Å². The van der Waals surface area contributed by atoms with Crippen molar-refractivity contribution in [3.63, 3.8) is 0 Å². The fourth-order valence-corrected chi connectivity index (χ4v) is 2.47. The van der Waals surface area contributed by atoms with E-state index in [1.807, 2.05) is 0 Å². The normalized spacial score (nSPS) is 13.0. The zero-order chi connectivity index (χ0) is 23.4. The van der Waals surface area contributed by atoms with Crippen LogP contribution in [0.1, 0.15) is 80.1 Å². The first-order chi connectivity index (χ1) is 13.5. The Labute approximate surface area is 190 Å². The van der Waals surface area contributed by atoms with E-state index in [2.05, 4.69) is 13.8 Å². The molecule has 0 aliphatic heterocycles. The van der Waals surface area contributed by atoms with E-state index in [0.717, 1.165) is 51.0 Å². The third-order valence-corrected chi connectivity index (χ3v) is 4.47. The molecule has 3 unspecified atom stereocenters. The van der Waals surface area contributed by atoms with Crippen LogP contribution in [-0.4, -0.2) is 36.4 Å². The summed E-state index contributed by atoms with van der Waals surface area (Å²) in [6.45, 7) is 10.9. The third kappa shape index (κ3) is 20.1. The van der Waals surface area contributed by atoms with Crippen LogP contribution in [0.5, 0.6) is 0 Å². The topological polar surface area (TPSA) is 133 Å². The average Bonchev–Trinajstić information content (AvgIpc) is 2.62. The Morgan fingerprint density at radius 2 is 1.24 bits per heavy atom. The number of ether oxygens (including phenoxy) is 1. The van der Waals surface area contributed by atoms with Crippen LogP contribution in [-0.2, 0) is 51.9 Å². The molecule has 0 radical (unpaired) electrons. The van der Waals surface area contributed by atoms with Gasteiger partial charge in [0.05, 0.1) is 23.8 Å². The molecule has 0 aliphatic carbocycles. The molecule has 0 aromatic carbocycles. The number of ketones is 2. The Hall–Kier alpha value is -0.917. The van der Waals surface area contributed by atoms with Crippen molar-refractivity contribution in [1.29, 1.82) is 0 Å². The fraction of sp³-hybridized carbons (Fsp3) is 0.800. The van der Waals surface area contributed by atoms with Crippen molar-refractivity contribution >= 4 is 23.5 Å². The second kappa shape index (κ2) is 21.8. The van der Waals surface area contributed by atoms with Gasteiger partial charge in [0.15, 0.2) is 0 Å². The standard InChI is InChI=1S/C8H17O2.2C6H10O3.Zr/c1-3-5-7-10-8(9)6-4-2;2*1-3-5(4(2)7)6(8)9;/h8H,3-7H2,1-2H3;2*5H,3H2,1-2H3,(H,8,9);/q-1;;;+3/p-2. The van der Waals surface area contributed by atoms with E-state index in [9.17, 15) is 29.4 Å². The van der Waals surface area contributed by atoms with E-state index in [-0.39, 0.29) is 17.9 Å². The van der Waals surface area contributed by atoms with Gasteiger partial charge in [0.25, 0.3) is 0 Å². The Morgan fingerprint density at radius 3 is 1.41 bits per heavy atom. The number of hydrogen-bond acceptors (Lipinski definition) is 8. The van der Waals surface area contributed by atoms with E-state index in [1.165, 1.54) is 20.3 Å². The van der Waals surface area contributed by atoms with Crippen molar-refractivity contribution in [2.24, 2.45) is 11.8 Å². The minimum absolute atomic E-state index is 0.0600. The number of carboxylic acid groups (broad SMARTS) is 2. The predicted octanol–water partition coefficient (Wildman–Crippen LogP) is 1.11. The number of hydrogen-bond donors (Lipinski definition) is 0. The van der Waals surface area contributed by atoms with Crippen LogP contribution in [0.4, 0.5) is 0 Å². The molecule has 0 aliphatic rings. The summed E-state index contributed by atoms with van der Waals surface area (Å²) >= 11 is 1.10. The number of unbranched alkanes of at least 4 members (excludes halogenated alkanes) is 1. The zero-order valence-corrected chi connectivity index (χ0v) is 20.9. The van der Waals surface area contributed by atoms with E-state index in [4.69, 9.17) is 7.55 Å². The Kier molecular flexibility index (Phi) is 24.6. The molecule has 0 rings (SSSR count). The Balaban J connectivity index is -0.000000352. The molecule has 167 valence electrons. The summed E-state index contributed by atoms with van der Waals surface area (Å²) in [4.78, 5) is 40.9. The van der Waals surface area contributed by atoms with E-state index >= 15 is 0 Å². The summed E-state index contributed by atoms with van der Waals surface area (Å²) in [7, 11) is 0. The first kappa shape index (κ1) is 32.7. The van der Waals surface area contributed by atoms with Gasteiger partial charge in [0.2, 0.25) is 0 Å².